The molecule has 3 aromatic carbocycles. The highest BCUT2D eigenvalue weighted by Gasteiger charge is 2.13. The van der Waals surface area contributed by atoms with Crippen LogP contribution in [-0.4, -0.2) is 12.5 Å². The van der Waals surface area contributed by atoms with Crippen LogP contribution < -0.4 is 14.8 Å². The fraction of sp³-hybridized carbons (Fsp3) is 0.179. The summed E-state index contributed by atoms with van der Waals surface area (Å²) in [6, 6.07) is 22.2. The van der Waals surface area contributed by atoms with Gasteiger partial charge in [0.15, 0.2) is 11.5 Å². The molecule has 0 spiro atoms. The Hall–Kier alpha value is -4.55. The van der Waals surface area contributed by atoms with E-state index in [1.54, 1.807) is 36.4 Å². The van der Waals surface area contributed by atoms with Crippen molar-refractivity contribution < 1.29 is 14.3 Å². The van der Waals surface area contributed by atoms with Crippen LogP contribution in [0.3, 0.4) is 0 Å². The molecule has 34 heavy (non-hydrogen) atoms. The lowest BCUT2D eigenvalue weighted by Gasteiger charge is -2.13. The minimum absolute atomic E-state index is 0.0278. The minimum atomic E-state index is -0.484. The van der Waals surface area contributed by atoms with Crippen molar-refractivity contribution in [2.45, 2.75) is 27.4 Å². The largest absolute Gasteiger partial charge is 0.490 e. The Bertz CT molecular complexity index is 1310. The minimum Gasteiger partial charge on any atom is -0.490 e. The zero-order valence-corrected chi connectivity index (χ0v) is 19.4. The Morgan fingerprint density at radius 2 is 1.79 bits per heavy atom. The molecule has 6 heteroatoms. The van der Waals surface area contributed by atoms with Gasteiger partial charge in [0.1, 0.15) is 18.2 Å². The van der Waals surface area contributed by atoms with Crippen LogP contribution in [0.25, 0.3) is 6.08 Å². The van der Waals surface area contributed by atoms with Gasteiger partial charge in [-0.1, -0.05) is 36.4 Å². The summed E-state index contributed by atoms with van der Waals surface area (Å²) in [5.41, 5.74) is 4.59. The highest BCUT2D eigenvalue weighted by molar-refractivity contribution is 6.10. The van der Waals surface area contributed by atoms with Crippen molar-refractivity contribution in [2.75, 3.05) is 11.9 Å². The third kappa shape index (κ3) is 5.82. The summed E-state index contributed by atoms with van der Waals surface area (Å²) < 4.78 is 11.6. The van der Waals surface area contributed by atoms with E-state index < -0.39 is 5.91 Å². The third-order valence-electron chi connectivity index (χ3n) is 5.32. The highest BCUT2D eigenvalue weighted by Crippen LogP contribution is 2.30. The molecule has 3 rings (SSSR count). The standard InChI is InChI=1S/C28H25N3O3/c1-4-33-27-15-21(12-13-26(27)34-18-23-10-6-5-9-22(23)16-29)14-24(17-30)28(32)31-25-11-7-8-19(2)20(25)3/h5-15H,4,18H2,1-3H3,(H,31,32)/b24-14+. The SMILES string of the molecule is CCOc1cc(/C=C(\C#N)C(=O)Nc2cccc(C)c2C)ccc1OCc1ccccc1C#N. The first-order valence-corrected chi connectivity index (χ1v) is 10.8. The summed E-state index contributed by atoms with van der Waals surface area (Å²) in [4.78, 5) is 12.7. The maximum Gasteiger partial charge on any atom is 0.266 e. The number of nitrogens with one attached hydrogen (secondary N) is 1. The second-order valence-corrected chi connectivity index (χ2v) is 7.57. The number of anilines is 1. The van der Waals surface area contributed by atoms with E-state index in [2.05, 4.69) is 11.4 Å². The maximum atomic E-state index is 12.7. The normalized spacial score (nSPS) is 10.7. The van der Waals surface area contributed by atoms with Gasteiger partial charge < -0.3 is 14.8 Å². The first-order valence-electron chi connectivity index (χ1n) is 10.8. The topological polar surface area (TPSA) is 95.1 Å². The van der Waals surface area contributed by atoms with Crippen LogP contribution in [0.1, 0.15) is 34.7 Å². The van der Waals surface area contributed by atoms with Gasteiger partial charge in [-0.25, -0.2) is 0 Å². The number of amides is 1. The molecule has 170 valence electrons. The van der Waals surface area contributed by atoms with E-state index in [1.165, 1.54) is 6.08 Å². The van der Waals surface area contributed by atoms with Gasteiger partial charge in [-0.15, -0.1) is 0 Å². The summed E-state index contributed by atoms with van der Waals surface area (Å²) in [5.74, 6) is 0.505. The number of ether oxygens (including phenoxy) is 2. The predicted octanol–water partition coefficient (Wildman–Crippen LogP) is 5.70. The van der Waals surface area contributed by atoms with Crippen LogP contribution in [0, 0.1) is 36.5 Å². The van der Waals surface area contributed by atoms with Crippen molar-refractivity contribution in [2.24, 2.45) is 0 Å². The highest BCUT2D eigenvalue weighted by atomic mass is 16.5. The molecule has 0 atom stereocenters. The number of hydrogen-bond acceptors (Lipinski definition) is 5. The summed E-state index contributed by atoms with van der Waals surface area (Å²) in [5, 5.41) is 21.7. The lowest BCUT2D eigenvalue weighted by Crippen LogP contribution is -2.14. The molecule has 0 aliphatic heterocycles. The Labute approximate surface area is 199 Å². The quantitative estimate of drug-likeness (QED) is 0.350. The molecule has 1 N–H and O–H groups in total. The van der Waals surface area contributed by atoms with E-state index in [0.29, 0.717) is 34.9 Å². The smallest absolute Gasteiger partial charge is 0.266 e. The van der Waals surface area contributed by atoms with Gasteiger partial charge >= 0.3 is 0 Å². The lowest BCUT2D eigenvalue weighted by molar-refractivity contribution is -0.112. The summed E-state index contributed by atoms with van der Waals surface area (Å²) in [7, 11) is 0. The fourth-order valence-corrected chi connectivity index (χ4v) is 3.30. The van der Waals surface area contributed by atoms with Gasteiger partial charge in [0.2, 0.25) is 0 Å². The van der Waals surface area contributed by atoms with E-state index in [9.17, 15) is 15.3 Å². The predicted molar refractivity (Wildman–Crippen MR) is 131 cm³/mol. The summed E-state index contributed by atoms with van der Waals surface area (Å²) in [6.45, 7) is 6.36. The van der Waals surface area contributed by atoms with Crippen molar-refractivity contribution in [3.63, 3.8) is 0 Å². The third-order valence-corrected chi connectivity index (χ3v) is 5.32. The fourth-order valence-electron chi connectivity index (χ4n) is 3.30. The average molecular weight is 452 g/mol. The van der Waals surface area contributed by atoms with E-state index in [4.69, 9.17) is 9.47 Å². The van der Waals surface area contributed by atoms with Crippen LogP contribution >= 0.6 is 0 Å². The molecular formula is C28H25N3O3. The Morgan fingerprint density at radius 3 is 2.53 bits per heavy atom. The molecule has 0 heterocycles. The summed E-state index contributed by atoms with van der Waals surface area (Å²) >= 11 is 0. The molecule has 6 nitrogen and oxygen atoms in total. The first-order chi connectivity index (χ1) is 16.5. The monoisotopic (exact) mass is 451 g/mol. The van der Waals surface area contributed by atoms with Crippen molar-refractivity contribution in [1.29, 1.82) is 10.5 Å². The molecule has 0 radical (unpaired) electrons. The van der Waals surface area contributed by atoms with Crippen LogP contribution in [-0.2, 0) is 11.4 Å². The Balaban J connectivity index is 1.82. The van der Waals surface area contributed by atoms with E-state index in [0.717, 1.165) is 16.7 Å². The second kappa shape index (κ2) is 11.4. The second-order valence-electron chi connectivity index (χ2n) is 7.57. The van der Waals surface area contributed by atoms with Crippen LogP contribution in [0.2, 0.25) is 0 Å². The number of aryl methyl sites for hydroxylation is 1. The molecule has 1 amide bonds. The van der Waals surface area contributed by atoms with Gasteiger partial charge in [-0.05, 0) is 67.8 Å². The van der Waals surface area contributed by atoms with E-state index in [1.807, 2.05) is 51.1 Å². The number of nitriles is 2. The van der Waals surface area contributed by atoms with Crippen LogP contribution in [0.4, 0.5) is 5.69 Å². The zero-order valence-electron chi connectivity index (χ0n) is 19.4. The number of rotatable bonds is 8. The van der Waals surface area contributed by atoms with Gasteiger partial charge in [0, 0.05) is 11.3 Å². The zero-order chi connectivity index (χ0) is 24.5. The van der Waals surface area contributed by atoms with Crippen molar-refractivity contribution >= 4 is 17.7 Å². The molecule has 0 unspecified atom stereocenters. The van der Waals surface area contributed by atoms with Gasteiger partial charge in [-0.2, -0.15) is 10.5 Å². The van der Waals surface area contributed by atoms with Gasteiger partial charge in [-0.3, -0.25) is 4.79 Å². The number of nitrogens with zero attached hydrogens (tertiary/aromatic N) is 2. The molecule has 0 saturated carbocycles. The molecule has 0 saturated heterocycles. The molecular weight excluding hydrogens is 426 g/mol. The Kier molecular flexibility index (Phi) is 8.05. The summed E-state index contributed by atoms with van der Waals surface area (Å²) in [6.07, 6.45) is 1.51. The average Bonchev–Trinajstić information content (AvgIpc) is 2.85. The van der Waals surface area contributed by atoms with Crippen molar-refractivity contribution in [1.82, 2.24) is 0 Å². The van der Waals surface area contributed by atoms with E-state index in [-0.39, 0.29) is 12.2 Å². The van der Waals surface area contributed by atoms with Crippen molar-refractivity contribution in [3.8, 4) is 23.6 Å². The number of carbonyl (C=O) groups is 1. The van der Waals surface area contributed by atoms with Crippen molar-refractivity contribution in [3.05, 3.63) is 94.1 Å². The Morgan fingerprint density at radius 1 is 1.00 bits per heavy atom. The molecule has 0 aliphatic rings. The van der Waals surface area contributed by atoms with Gasteiger partial charge in [0.05, 0.1) is 18.2 Å². The number of carbonyl (C=O) groups excluding carboxylic acids is 1. The molecule has 0 bridgehead atoms. The number of benzene rings is 3. The molecule has 3 aromatic rings. The van der Waals surface area contributed by atoms with E-state index >= 15 is 0 Å². The molecule has 0 aromatic heterocycles. The lowest BCUT2D eigenvalue weighted by atomic mass is 10.1. The maximum absolute atomic E-state index is 12.7. The molecule has 0 aliphatic carbocycles. The van der Waals surface area contributed by atoms with Crippen LogP contribution in [0.15, 0.2) is 66.2 Å². The number of hydrogen-bond donors (Lipinski definition) is 1. The molecule has 0 fully saturated rings. The van der Waals surface area contributed by atoms with Crippen LogP contribution in [0.5, 0.6) is 11.5 Å². The first kappa shape index (κ1) is 24.1. The van der Waals surface area contributed by atoms with Gasteiger partial charge in [0.25, 0.3) is 5.91 Å².